The van der Waals surface area contributed by atoms with Crippen LogP contribution in [0.2, 0.25) is 0 Å². The fraction of sp³-hybridized carbons (Fsp3) is 0.800. The molecule has 0 bridgehead atoms. The SMILES string of the molecule is C=C(C)C1CCCC1CC. The predicted octanol–water partition coefficient (Wildman–Crippen LogP) is 3.39. The van der Waals surface area contributed by atoms with Crippen molar-refractivity contribution in [2.24, 2.45) is 11.8 Å². The molecule has 0 nitrogen and oxygen atoms in total. The smallest absolute Gasteiger partial charge is 0.0180 e. The summed E-state index contributed by atoms with van der Waals surface area (Å²) in [6.45, 7) is 8.51. The summed E-state index contributed by atoms with van der Waals surface area (Å²) in [4.78, 5) is 0. The second-order valence-electron chi connectivity index (χ2n) is 3.55. The van der Waals surface area contributed by atoms with Crippen LogP contribution in [0.25, 0.3) is 0 Å². The first kappa shape index (κ1) is 7.84. The summed E-state index contributed by atoms with van der Waals surface area (Å²) < 4.78 is 0. The summed E-state index contributed by atoms with van der Waals surface area (Å²) >= 11 is 0. The molecule has 1 aliphatic rings. The maximum atomic E-state index is 4.04. The van der Waals surface area contributed by atoms with E-state index in [4.69, 9.17) is 0 Å². The first-order valence-corrected chi connectivity index (χ1v) is 4.41. The van der Waals surface area contributed by atoms with Crippen LogP contribution in [0.4, 0.5) is 0 Å². The predicted molar refractivity (Wildman–Crippen MR) is 45.9 cm³/mol. The molecule has 0 aliphatic heterocycles. The van der Waals surface area contributed by atoms with Crippen LogP contribution in [0.5, 0.6) is 0 Å². The van der Waals surface area contributed by atoms with Crippen molar-refractivity contribution in [3.05, 3.63) is 12.2 Å². The number of rotatable bonds is 2. The van der Waals surface area contributed by atoms with Gasteiger partial charge < -0.3 is 0 Å². The van der Waals surface area contributed by atoms with Gasteiger partial charge in [-0.15, -0.1) is 0 Å². The lowest BCUT2D eigenvalue weighted by Crippen LogP contribution is -2.06. The number of hydrogen-bond acceptors (Lipinski definition) is 0. The van der Waals surface area contributed by atoms with E-state index in [2.05, 4.69) is 20.4 Å². The molecule has 1 aliphatic carbocycles. The molecule has 0 radical (unpaired) electrons. The highest BCUT2D eigenvalue weighted by Crippen LogP contribution is 2.37. The van der Waals surface area contributed by atoms with Gasteiger partial charge in [-0.2, -0.15) is 0 Å². The normalized spacial score (nSPS) is 32.6. The third kappa shape index (κ3) is 1.42. The Hall–Kier alpha value is -0.260. The highest BCUT2D eigenvalue weighted by Gasteiger charge is 2.25. The Balaban J connectivity index is 2.50. The Morgan fingerprint density at radius 3 is 2.60 bits per heavy atom. The number of allylic oxidation sites excluding steroid dienone is 1. The van der Waals surface area contributed by atoms with Gasteiger partial charge in [0.15, 0.2) is 0 Å². The zero-order chi connectivity index (χ0) is 7.56. The molecule has 0 aromatic heterocycles. The fourth-order valence-electron chi connectivity index (χ4n) is 2.17. The van der Waals surface area contributed by atoms with E-state index in [0.29, 0.717) is 0 Å². The van der Waals surface area contributed by atoms with Crippen molar-refractivity contribution < 1.29 is 0 Å². The second kappa shape index (κ2) is 3.23. The van der Waals surface area contributed by atoms with Gasteiger partial charge in [0.1, 0.15) is 0 Å². The largest absolute Gasteiger partial charge is 0.0999 e. The van der Waals surface area contributed by atoms with Crippen LogP contribution in [0.15, 0.2) is 12.2 Å². The molecular weight excluding hydrogens is 120 g/mol. The Morgan fingerprint density at radius 2 is 2.20 bits per heavy atom. The minimum absolute atomic E-state index is 0.852. The number of hydrogen-bond donors (Lipinski definition) is 0. The Labute approximate surface area is 64.3 Å². The van der Waals surface area contributed by atoms with Gasteiger partial charge in [-0.05, 0) is 31.6 Å². The van der Waals surface area contributed by atoms with E-state index in [1.54, 1.807) is 0 Å². The van der Waals surface area contributed by atoms with Gasteiger partial charge >= 0.3 is 0 Å². The van der Waals surface area contributed by atoms with Crippen molar-refractivity contribution in [2.75, 3.05) is 0 Å². The minimum Gasteiger partial charge on any atom is -0.0999 e. The Bertz CT molecular complexity index is 124. The molecule has 0 saturated heterocycles. The summed E-state index contributed by atoms with van der Waals surface area (Å²) in [5.41, 5.74) is 1.41. The molecule has 10 heavy (non-hydrogen) atoms. The minimum atomic E-state index is 0.852. The van der Waals surface area contributed by atoms with Crippen molar-refractivity contribution in [1.29, 1.82) is 0 Å². The standard InChI is InChI=1S/C10H18/c1-4-9-6-5-7-10(9)8(2)3/h9-10H,2,4-7H2,1,3H3. The third-order valence-corrected chi connectivity index (χ3v) is 2.82. The van der Waals surface area contributed by atoms with Crippen molar-refractivity contribution in [2.45, 2.75) is 39.5 Å². The average molecular weight is 138 g/mol. The molecule has 0 spiro atoms. The molecule has 1 rings (SSSR count). The van der Waals surface area contributed by atoms with E-state index in [-0.39, 0.29) is 0 Å². The summed E-state index contributed by atoms with van der Waals surface area (Å²) in [5.74, 6) is 1.81. The lowest BCUT2D eigenvalue weighted by atomic mass is 9.89. The van der Waals surface area contributed by atoms with Crippen LogP contribution in [0.1, 0.15) is 39.5 Å². The molecular formula is C10H18. The van der Waals surface area contributed by atoms with Crippen LogP contribution in [0.3, 0.4) is 0 Å². The molecule has 0 heterocycles. The summed E-state index contributed by atoms with van der Waals surface area (Å²) in [5, 5.41) is 0. The summed E-state index contributed by atoms with van der Waals surface area (Å²) in [6.07, 6.45) is 5.61. The molecule has 1 saturated carbocycles. The molecule has 0 aromatic carbocycles. The summed E-state index contributed by atoms with van der Waals surface area (Å²) in [6, 6.07) is 0. The summed E-state index contributed by atoms with van der Waals surface area (Å²) in [7, 11) is 0. The van der Waals surface area contributed by atoms with Gasteiger partial charge in [0.25, 0.3) is 0 Å². The molecule has 0 heteroatoms. The van der Waals surface area contributed by atoms with Crippen molar-refractivity contribution in [3.63, 3.8) is 0 Å². The topological polar surface area (TPSA) is 0 Å². The lowest BCUT2D eigenvalue weighted by Gasteiger charge is -2.17. The van der Waals surface area contributed by atoms with Crippen LogP contribution in [0, 0.1) is 11.8 Å². The highest BCUT2D eigenvalue weighted by molar-refractivity contribution is 5.01. The Morgan fingerprint density at radius 1 is 1.50 bits per heavy atom. The van der Waals surface area contributed by atoms with Crippen LogP contribution in [-0.4, -0.2) is 0 Å². The maximum absolute atomic E-state index is 4.04. The maximum Gasteiger partial charge on any atom is -0.0180 e. The molecule has 2 atom stereocenters. The van der Waals surface area contributed by atoms with Crippen LogP contribution < -0.4 is 0 Å². The monoisotopic (exact) mass is 138 g/mol. The fourth-order valence-corrected chi connectivity index (χ4v) is 2.17. The first-order valence-electron chi connectivity index (χ1n) is 4.41. The molecule has 0 aromatic rings. The van der Waals surface area contributed by atoms with E-state index in [9.17, 15) is 0 Å². The molecule has 58 valence electrons. The molecule has 2 unspecified atom stereocenters. The van der Waals surface area contributed by atoms with E-state index >= 15 is 0 Å². The second-order valence-corrected chi connectivity index (χ2v) is 3.55. The zero-order valence-corrected chi connectivity index (χ0v) is 7.19. The highest BCUT2D eigenvalue weighted by atomic mass is 14.3. The average Bonchev–Trinajstić information content (AvgIpc) is 2.33. The van der Waals surface area contributed by atoms with Gasteiger partial charge in [0.05, 0.1) is 0 Å². The van der Waals surface area contributed by atoms with Crippen molar-refractivity contribution in [1.82, 2.24) is 0 Å². The first-order chi connectivity index (χ1) is 4.75. The van der Waals surface area contributed by atoms with Crippen LogP contribution >= 0.6 is 0 Å². The van der Waals surface area contributed by atoms with Crippen molar-refractivity contribution >= 4 is 0 Å². The lowest BCUT2D eigenvalue weighted by molar-refractivity contribution is 0.427. The molecule has 0 amide bonds. The molecule has 0 N–H and O–H groups in total. The van der Waals surface area contributed by atoms with E-state index in [1.807, 2.05) is 0 Å². The van der Waals surface area contributed by atoms with Gasteiger partial charge in [-0.3, -0.25) is 0 Å². The quantitative estimate of drug-likeness (QED) is 0.513. The van der Waals surface area contributed by atoms with Gasteiger partial charge in [0.2, 0.25) is 0 Å². The van der Waals surface area contributed by atoms with Gasteiger partial charge in [-0.25, -0.2) is 0 Å². The third-order valence-electron chi connectivity index (χ3n) is 2.82. The van der Waals surface area contributed by atoms with E-state index < -0.39 is 0 Å². The van der Waals surface area contributed by atoms with E-state index in [1.165, 1.54) is 31.3 Å². The van der Waals surface area contributed by atoms with Gasteiger partial charge in [-0.1, -0.05) is 31.9 Å². The van der Waals surface area contributed by atoms with Crippen molar-refractivity contribution in [3.8, 4) is 0 Å². The zero-order valence-electron chi connectivity index (χ0n) is 7.19. The van der Waals surface area contributed by atoms with Gasteiger partial charge in [0, 0.05) is 0 Å². The molecule has 1 fully saturated rings. The van der Waals surface area contributed by atoms with Crippen LogP contribution in [-0.2, 0) is 0 Å². The van der Waals surface area contributed by atoms with E-state index in [0.717, 1.165) is 11.8 Å². The Kier molecular flexibility index (Phi) is 2.53.